The van der Waals surface area contributed by atoms with Crippen LogP contribution in [0.4, 0.5) is 4.79 Å². The van der Waals surface area contributed by atoms with Gasteiger partial charge in [0.2, 0.25) is 0 Å². The van der Waals surface area contributed by atoms with Gasteiger partial charge in [-0.25, -0.2) is 9.59 Å². The van der Waals surface area contributed by atoms with Crippen molar-refractivity contribution in [1.82, 2.24) is 0 Å². The molecule has 6 rings (SSSR count). The molecule has 0 saturated heterocycles. The number of ether oxygens (including phenoxy) is 2. The molecular formula is C36H48O11. The second-order valence-electron chi connectivity index (χ2n) is 16.8. The average molecular weight is 657 g/mol. The fourth-order valence-electron chi connectivity index (χ4n) is 11.3. The zero-order valence-corrected chi connectivity index (χ0v) is 28.5. The van der Waals surface area contributed by atoms with Gasteiger partial charge < -0.3 is 28.5 Å². The summed E-state index contributed by atoms with van der Waals surface area (Å²) in [5.41, 5.74) is -2.82. The fraction of sp³-hybridized carbons (Fsp3) is 0.750. The summed E-state index contributed by atoms with van der Waals surface area (Å²) in [5, 5.41) is 20.9. The fourth-order valence-corrected chi connectivity index (χ4v) is 11.3. The van der Waals surface area contributed by atoms with Crippen LogP contribution in [0.15, 0.2) is 25.3 Å². The molecule has 258 valence electrons. The Labute approximate surface area is 274 Å². The van der Waals surface area contributed by atoms with E-state index in [2.05, 4.69) is 20.8 Å². The van der Waals surface area contributed by atoms with E-state index >= 15 is 0 Å². The summed E-state index contributed by atoms with van der Waals surface area (Å²) in [7, 11) is 0. The third-order valence-electron chi connectivity index (χ3n) is 14.6. The Hall–Kier alpha value is -3.37. The first-order valence-corrected chi connectivity index (χ1v) is 16.9. The van der Waals surface area contributed by atoms with Crippen molar-refractivity contribution in [2.45, 2.75) is 119 Å². The van der Waals surface area contributed by atoms with E-state index in [-0.39, 0.29) is 40.5 Å². The molecule has 0 aliphatic heterocycles. The summed E-state index contributed by atoms with van der Waals surface area (Å²) in [4.78, 5) is 64.3. The third-order valence-corrected chi connectivity index (χ3v) is 14.6. The first kappa shape index (κ1) is 33.5. The van der Waals surface area contributed by atoms with Gasteiger partial charge in [-0.15, -0.1) is 0 Å². The highest BCUT2D eigenvalue weighted by Crippen LogP contribution is 2.75. The zero-order chi connectivity index (χ0) is 34.5. The molecule has 1 heterocycles. The number of carbonyl (C=O) groups excluding carboxylic acids is 2. The van der Waals surface area contributed by atoms with E-state index in [9.17, 15) is 34.2 Å². The minimum atomic E-state index is -1.49. The second-order valence-corrected chi connectivity index (χ2v) is 16.8. The molecule has 5 aliphatic rings. The summed E-state index contributed by atoms with van der Waals surface area (Å²) in [6, 6.07) is 0. The molecule has 11 heteroatoms. The molecular weight excluding hydrogens is 608 g/mol. The normalized spacial score (nSPS) is 44.1. The van der Waals surface area contributed by atoms with Crippen molar-refractivity contribution in [3.8, 4) is 0 Å². The molecule has 1 aromatic rings. The van der Waals surface area contributed by atoms with E-state index in [0.29, 0.717) is 32.1 Å². The van der Waals surface area contributed by atoms with Crippen molar-refractivity contribution in [1.29, 1.82) is 0 Å². The Morgan fingerprint density at radius 3 is 2.19 bits per heavy atom. The highest BCUT2D eigenvalue weighted by Gasteiger charge is 2.72. The van der Waals surface area contributed by atoms with Gasteiger partial charge in [0.1, 0.15) is 11.5 Å². The van der Waals surface area contributed by atoms with E-state index in [1.54, 1.807) is 6.92 Å². The number of rotatable bonds is 5. The molecule has 0 bridgehead atoms. The molecule has 0 radical (unpaired) electrons. The largest absolute Gasteiger partial charge is 0.519 e. The molecule has 5 aliphatic carbocycles. The maximum absolute atomic E-state index is 14.6. The number of carboxylic acids is 2. The van der Waals surface area contributed by atoms with Crippen LogP contribution in [-0.2, 0) is 30.5 Å². The van der Waals surface area contributed by atoms with Gasteiger partial charge in [0.15, 0.2) is 23.9 Å². The summed E-state index contributed by atoms with van der Waals surface area (Å²) in [6.45, 7) is 13.3. The van der Waals surface area contributed by atoms with Crippen LogP contribution >= 0.6 is 0 Å². The van der Waals surface area contributed by atoms with E-state index in [0.717, 1.165) is 24.8 Å². The van der Waals surface area contributed by atoms with E-state index in [1.807, 2.05) is 19.9 Å². The molecule has 0 aromatic carbocycles. The Bertz CT molecular complexity index is 1620. The minimum absolute atomic E-state index is 0.00233. The van der Waals surface area contributed by atoms with Gasteiger partial charge in [-0.3, -0.25) is 14.4 Å². The highest BCUT2D eigenvalue weighted by atomic mass is 16.7. The standard InChI is InChI=1S/C36H48O11/c1-19-23(46-30(43)45-19)18-44-29(42)47-25-9-10-33(4)24(36(25,7)28(40)41)8-11-35(6)26(33)22(37)16-20-21-17-32(3,27(38)39)13-12-31(21,2)14-15-34(20,35)5/h16,21,24-26H,8-15,17-18H2,1-7H3,(H,38,39)(H,40,41)/t21-,24+,25-,26+,31?,32?,33-,34?,35+,36-/m0/s1. The van der Waals surface area contributed by atoms with Crippen LogP contribution < -0.4 is 5.82 Å². The van der Waals surface area contributed by atoms with Gasteiger partial charge in [0, 0.05) is 5.92 Å². The number of carbonyl (C=O) groups is 4. The zero-order valence-electron chi connectivity index (χ0n) is 28.5. The van der Waals surface area contributed by atoms with Gasteiger partial charge in [-0.2, -0.15) is 0 Å². The Morgan fingerprint density at radius 1 is 0.894 bits per heavy atom. The summed E-state index contributed by atoms with van der Waals surface area (Å²) in [6.07, 6.45) is 5.40. The Morgan fingerprint density at radius 2 is 1.57 bits per heavy atom. The predicted octanol–water partition coefficient (Wildman–Crippen LogP) is 6.69. The number of fused-ring (bicyclic) bond motifs is 7. The molecule has 3 unspecified atom stereocenters. The predicted molar refractivity (Wildman–Crippen MR) is 166 cm³/mol. The number of allylic oxidation sites excluding steroid dienone is 2. The Balaban J connectivity index is 1.31. The van der Waals surface area contributed by atoms with Crippen molar-refractivity contribution in [2.24, 2.45) is 50.2 Å². The van der Waals surface area contributed by atoms with E-state index < -0.39 is 70.1 Å². The van der Waals surface area contributed by atoms with Crippen LogP contribution in [0.5, 0.6) is 0 Å². The van der Waals surface area contributed by atoms with Crippen LogP contribution in [0.3, 0.4) is 0 Å². The highest BCUT2D eigenvalue weighted by molar-refractivity contribution is 5.96. The SMILES string of the molecule is Cc1oc(=O)oc1COC(=O)O[C@H]1CC[C@@]2(C)[C@@H](CC[C@]3(C)[C@@H]2C(=O)C=C2[C@@H]4CC(C)(C(=O)O)CCC4(C)CCC23C)[C@]1(C)C(=O)O. The molecule has 1 aromatic heterocycles. The maximum Gasteiger partial charge on any atom is 0.519 e. The minimum Gasteiger partial charge on any atom is -0.481 e. The van der Waals surface area contributed by atoms with E-state index in [4.69, 9.17) is 18.3 Å². The topological polar surface area (TPSA) is 171 Å². The van der Waals surface area contributed by atoms with Crippen molar-refractivity contribution in [3.05, 3.63) is 33.8 Å². The van der Waals surface area contributed by atoms with Crippen LogP contribution in [0.2, 0.25) is 0 Å². The monoisotopic (exact) mass is 656 g/mol. The van der Waals surface area contributed by atoms with Gasteiger partial charge in [-0.05, 0) is 118 Å². The molecule has 0 amide bonds. The van der Waals surface area contributed by atoms with Crippen LogP contribution in [0.1, 0.15) is 111 Å². The average Bonchev–Trinajstić information content (AvgIpc) is 3.31. The number of aliphatic carboxylic acids is 2. The summed E-state index contributed by atoms with van der Waals surface area (Å²) in [5.74, 6) is -3.52. The number of hydrogen-bond acceptors (Lipinski definition) is 9. The Kier molecular flexibility index (Phi) is 7.54. The maximum atomic E-state index is 14.6. The second kappa shape index (κ2) is 10.6. The first-order valence-electron chi connectivity index (χ1n) is 16.9. The van der Waals surface area contributed by atoms with Crippen molar-refractivity contribution >= 4 is 23.9 Å². The van der Waals surface area contributed by atoms with Crippen molar-refractivity contribution in [2.75, 3.05) is 0 Å². The lowest BCUT2D eigenvalue weighted by molar-refractivity contribution is -0.216. The summed E-state index contributed by atoms with van der Waals surface area (Å²) < 4.78 is 20.6. The van der Waals surface area contributed by atoms with Gasteiger partial charge in [0.25, 0.3) is 0 Å². The van der Waals surface area contributed by atoms with Gasteiger partial charge in [-0.1, -0.05) is 33.3 Å². The lowest BCUT2D eigenvalue weighted by Crippen LogP contribution is -2.68. The van der Waals surface area contributed by atoms with E-state index in [1.165, 1.54) is 6.92 Å². The smallest absolute Gasteiger partial charge is 0.481 e. The summed E-state index contributed by atoms with van der Waals surface area (Å²) >= 11 is 0. The number of ketones is 1. The molecule has 4 saturated carbocycles. The molecule has 11 nitrogen and oxygen atoms in total. The number of carboxylic acid groups (broad SMARTS) is 2. The lowest BCUT2D eigenvalue weighted by atomic mass is 9.33. The number of aryl methyl sites for hydroxylation is 1. The van der Waals surface area contributed by atoms with Gasteiger partial charge in [0.05, 0.1) is 5.41 Å². The molecule has 0 spiro atoms. The molecule has 10 atom stereocenters. The van der Waals surface area contributed by atoms with Crippen LogP contribution in [0.25, 0.3) is 0 Å². The van der Waals surface area contributed by atoms with Crippen LogP contribution in [0, 0.1) is 57.2 Å². The first-order chi connectivity index (χ1) is 21.7. The quantitative estimate of drug-likeness (QED) is 0.324. The lowest BCUT2D eigenvalue weighted by Gasteiger charge is -2.70. The molecule has 4 fully saturated rings. The van der Waals surface area contributed by atoms with Gasteiger partial charge >= 0.3 is 23.9 Å². The van der Waals surface area contributed by atoms with Crippen molar-refractivity contribution < 1.29 is 47.7 Å². The van der Waals surface area contributed by atoms with Crippen molar-refractivity contribution in [3.63, 3.8) is 0 Å². The van der Waals surface area contributed by atoms with Crippen LogP contribution in [-0.4, -0.2) is 40.2 Å². The molecule has 2 N–H and O–H groups in total. The third kappa shape index (κ3) is 4.60. The molecule has 47 heavy (non-hydrogen) atoms. The number of hydrogen-bond donors (Lipinski definition) is 2.